The van der Waals surface area contributed by atoms with Crippen molar-refractivity contribution in [3.63, 3.8) is 0 Å². The third-order valence-electron chi connectivity index (χ3n) is 4.40. The SMILES string of the molecule is Brc1cccc(CN(Cc2ccccc2)CC2CCOCC2)c1. The van der Waals surface area contributed by atoms with E-state index in [4.69, 9.17) is 4.74 Å². The summed E-state index contributed by atoms with van der Waals surface area (Å²) in [6.07, 6.45) is 2.37. The van der Waals surface area contributed by atoms with Crippen LogP contribution in [0.1, 0.15) is 24.0 Å². The molecule has 0 aliphatic carbocycles. The minimum atomic E-state index is 0.750. The highest BCUT2D eigenvalue weighted by atomic mass is 79.9. The Morgan fingerprint density at radius 3 is 2.35 bits per heavy atom. The van der Waals surface area contributed by atoms with Crippen molar-refractivity contribution in [2.75, 3.05) is 19.8 Å². The zero-order valence-corrected chi connectivity index (χ0v) is 15.0. The van der Waals surface area contributed by atoms with E-state index in [1.165, 1.54) is 24.0 Å². The third-order valence-corrected chi connectivity index (χ3v) is 4.89. The number of rotatable bonds is 6. The van der Waals surface area contributed by atoms with Gasteiger partial charge < -0.3 is 4.74 Å². The summed E-state index contributed by atoms with van der Waals surface area (Å²) in [6.45, 7) is 4.97. The Hall–Kier alpha value is -1.16. The Kier molecular flexibility index (Phi) is 6.26. The van der Waals surface area contributed by atoms with Crippen molar-refractivity contribution in [2.45, 2.75) is 25.9 Å². The summed E-state index contributed by atoms with van der Waals surface area (Å²) in [5.74, 6) is 0.750. The molecule has 1 aliphatic rings. The number of ether oxygens (including phenoxy) is 1. The molecular weight excluding hydrogens is 350 g/mol. The third kappa shape index (κ3) is 5.45. The summed E-state index contributed by atoms with van der Waals surface area (Å²) >= 11 is 3.58. The van der Waals surface area contributed by atoms with Crippen LogP contribution in [0.25, 0.3) is 0 Å². The molecular formula is C20H24BrNO. The van der Waals surface area contributed by atoms with Crippen LogP contribution >= 0.6 is 15.9 Å². The fourth-order valence-corrected chi connectivity index (χ4v) is 3.66. The van der Waals surface area contributed by atoms with Crippen molar-refractivity contribution in [2.24, 2.45) is 5.92 Å². The first-order valence-electron chi connectivity index (χ1n) is 8.38. The Bertz CT molecular complexity index is 596. The Morgan fingerprint density at radius 1 is 0.913 bits per heavy atom. The fourth-order valence-electron chi connectivity index (χ4n) is 3.21. The molecule has 122 valence electrons. The van der Waals surface area contributed by atoms with Crippen LogP contribution in [-0.4, -0.2) is 24.7 Å². The zero-order valence-electron chi connectivity index (χ0n) is 13.5. The fraction of sp³-hybridized carbons (Fsp3) is 0.400. The smallest absolute Gasteiger partial charge is 0.0469 e. The maximum atomic E-state index is 5.51. The second kappa shape index (κ2) is 8.62. The van der Waals surface area contributed by atoms with Crippen molar-refractivity contribution in [1.29, 1.82) is 0 Å². The predicted octanol–water partition coefficient (Wildman–Crippen LogP) is 4.88. The summed E-state index contributed by atoms with van der Waals surface area (Å²) in [5, 5.41) is 0. The van der Waals surface area contributed by atoms with Crippen LogP contribution < -0.4 is 0 Å². The number of hydrogen-bond acceptors (Lipinski definition) is 2. The van der Waals surface area contributed by atoms with E-state index in [0.717, 1.165) is 43.2 Å². The zero-order chi connectivity index (χ0) is 15.9. The Morgan fingerprint density at radius 2 is 1.61 bits per heavy atom. The summed E-state index contributed by atoms with van der Waals surface area (Å²) in [4.78, 5) is 2.58. The first kappa shape index (κ1) is 16.7. The van der Waals surface area contributed by atoms with E-state index in [9.17, 15) is 0 Å². The van der Waals surface area contributed by atoms with Gasteiger partial charge in [-0.05, 0) is 42.0 Å². The highest BCUT2D eigenvalue weighted by molar-refractivity contribution is 9.10. The van der Waals surface area contributed by atoms with Gasteiger partial charge >= 0.3 is 0 Å². The van der Waals surface area contributed by atoms with Crippen molar-refractivity contribution < 1.29 is 4.74 Å². The Balaban J connectivity index is 1.69. The lowest BCUT2D eigenvalue weighted by Crippen LogP contribution is -2.31. The van der Waals surface area contributed by atoms with Crippen LogP contribution in [0.3, 0.4) is 0 Å². The highest BCUT2D eigenvalue weighted by Crippen LogP contribution is 2.20. The van der Waals surface area contributed by atoms with Crippen molar-refractivity contribution in [3.05, 3.63) is 70.2 Å². The number of halogens is 1. The molecule has 1 fully saturated rings. The van der Waals surface area contributed by atoms with Crippen LogP contribution in [0.2, 0.25) is 0 Å². The average molecular weight is 374 g/mol. The van der Waals surface area contributed by atoms with Crippen LogP contribution in [-0.2, 0) is 17.8 Å². The first-order chi connectivity index (χ1) is 11.3. The van der Waals surface area contributed by atoms with E-state index in [-0.39, 0.29) is 0 Å². The molecule has 2 aromatic carbocycles. The first-order valence-corrected chi connectivity index (χ1v) is 9.17. The van der Waals surface area contributed by atoms with Gasteiger partial charge in [0.25, 0.3) is 0 Å². The van der Waals surface area contributed by atoms with E-state index in [0.29, 0.717) is 0 Å². The molecule has 0 amide bonds. The lowest BCUT2D eigenvalue weighted by molar-refractivity contribution is 0.0502. The number of nitrogens with zero attached hydrogens (tertiary/aromatic N) is 1. The molecule has 0 bridgehead atoms. The molecule has 0 spiro atoms. The Labute approximate surface area is 147 Å². The topological polar surface area (TPSA) is 12.5 Å². The quantitative estimate of drug-likeness (QED) is 0.715. The van der Waals surface area contributed by atoms with Gasteiger partial charge in [-0.15, -0.1) is 0 Å². The minimum absolute atomic E-state index is 0.750. The molecule has 0 unspecified atom stereocenters. The lowest BCUT2D eigenvalue weighted by atomic mass is 9.99. The van der Waals surface area contributed by atoms with Crippen molar-refractivity contribution in [1.82, 2.24) is 4.90 Å². The van der Waals surface area contributed by atoms with Gasteiger partial charge in [0.15, 0.2) is 0 Å². The van der Waals surface area contributed by atoms with E-state index < -0.39 is 0 Å². The van der Waals surface area contributed by atoms with Crippen LogP contribution in [0, 0.1) is 5.92 Å². The van der Waals surface area contributed by atoms with Gasteiger partial charge in [0.1, 0.15) is 0 Å². The summed E-state index contributed by atoms with van der Waals surface area (Å²) in [6, 6.07) is 19.4. The monoisotopic (exact) mass is 373 g/mol. The normalized spacial score (nSPS) is 15.9. The van der Waals surface area contributed by atoms with E-state index in [1.54, 1.807) is 0 Å². The van der Waals surface area contributed by atoms with Crippen molar-refractivity contribution in [3.8, 4) is 0 Å². The van der Waals surface area contributed by atoms with Crippen LogP contribution in [0.4, 0.5) is 0 Å². The van der Waals surface area contributed by atoms with Gasteiger partial charge in [0.05, 0.1) is 0 Å². The van der Waals surface area contributed by atoms with Gasteiger partial charge in [-0.3, -0.25) is 4.90 Å². The summed E-state index contributed by atoms with van der Waals surface area (Å²) in [5.41, 5.74) is 2.75. The summed E-state index contributed by atoms with van der Waals surface area (Å²) in [7, 11) is 0. The van der Waals surface area contributed by atoms with Gasteiger partial charge in [-0.1, -0.05) is 58.4 Å². The molecule has 0 aromatic heterocycles. The molecule has 1 saturated heterocycles. The van der Waals surface area contributed by atoms with Crippen LogP contribution in [0.15, 0.2) is 59.1 Å². The standard InChI is InChI=1S/C20H24BrNO/c21-20-8-4-7-19(13-20)16-22(14-17-5-2-1-3-6-17)15-18-9-11-23-12-10-18/h1-8,13,18H,9-12,14-16H2. The predicted molar refractivity (Wildman–Crippen MR) is 98.2 cm³/mol. The van der Waals surface area contributed by atoms with Gasteiger partial charge in [-0.25, -0.2) is 0 Å². The molecule has 2 nitrogen and oxygen atoms in total. The molecule has 1 heterocycles. The molecule has 0 atom stereocenters. The van der Waals surface area contributed by atoms with Crippen LogP contribution in [0.5, 0.6) is 0 Å². The van der Waals surface area contributed by atoms with Gasteiger partial charge in [0.2, 0.25) is 0 Å². The van der Waals surface area contributed by atoms with E-state index in [2.05, 4.69) is 75.4 Å². The maximum absolute atomic E-state index is 5.51. The lowest BCUT2D eigenvalue weighted by Gasteiger charge is -2.30. The molecule has 0 radical (unpaired) electrons. The van der Waals surface area contributed by atoms with Gasteiger partial charge in [0, 0.05) is 37.3 Å². The molecule has 0 N–H and O–H groups in total. The molecule has 3 heteroatoms. The van der Waals surface area contributed by atoms with Gasteiger partial charge in [-0.2, -0.15) is 0 Å². The largest absolute Gasteiger partial charge is 0.381 e. The second-order valence-corrected chi connectivity index (χ2v) is 7.26. The summed E-state index contributed by atoms with van der Waals surface area (Å²) < 4.78 is 6.66. The average Bonchev–Trinajstić information content (AvgIpc) is 2.57. The maximum Gasteiger partial charge on any atom is 0.0469 e. The molecule has 1 aliphatic heterocycles. The molecule has 0 saturated carbocycles. The molecule has 2 aromatic rings. The van der Waals surface area contributed by atoms with Crippen molar-refractivity contribution >= 4 is 15.9 Å². The second-order valence-electron chi connectivity index (χ2n) is 6.34. The van der Waals surface area contributed by atoms with E-state index in [1.807, 2.05) is 0 Å². The number of hydrogen-bond donors (Lipinski definition) is 0. The highest BCUT2D eigenvalue weighted by Gasteiger charge is 2.18. The molecule has 3 rings (SSSR count). The van der Waals surface area contributed by atoms with E-state index >= 15 is 0 Å². The molecule has 23 heavy (non-hydrogen) atoms. The minimum Gasteiger partial charge on any atom is -0.381 e. The number of benzene rings is 2.